The van der Waals surface area contributed by atoms with Crippen LogP contribution < -0.4 is 0 Å². The number of amides is 1. The molecule has 2 atom stereocenters. The van der Waals surface area contributed by atoms with Crippen molar-refractivity contribution in [2.75, 3.05) is 13.2 Å². The first-order valence-electron chi connectivity index (χ1n) is 15.7. The summed E-state index contributed by atoms with van der Waals surface area (Å²) in [6, 6.07) is 40.7. The Labute approximate surface area is 274 Å². The molecule has 5 aromatic rings. The second kappa shape index (κ2) is 12.5. The van der Waals surface area contributed by atoms with Gasteiger partial charge in [0.15, 0.2) is 5.60 Å². The van der Waals surface area contributed by atoms with Crippen LogP contribution in [0.25, 0.3) is 11.1 Å². The summed E-state index contributed by atoms with van der Waals surface area (Å²) in [5.41, 5.74) is 6.49. The van der Waals surface area contributed by atoms with Crippen molar-refractivity contribution in [3.05, 3.63) is 166 Å². The number of nitrogens with zero attached hydrogens (tertiary/aromatic N) is 1. The summed E-state index contributed by atoms with van der Waals surface area (Å²) in [7, 11) is 0. The lowest BCUT2D eigenvalue weighted by atomic mass is 9.79. The summed E-state index contributed by atoms with van der Waals surface area (Å²) in [5.74, 6) is -0.577. The van der Waals surface area contributed by atoms with Gasteiger partial charge in [-0.05, 0) is 48.1 Å². The molecule has 5 aromatic carbocycles. The maximum atomic E-state index is 14.3. The molecule has 5 nitrogen and oxygen atoms in total. The maximum absolute atomic E-state index is 14.3. The molecule has 2 aliphatic rings. The molecule has 1 aliphatic carbocycles. The predicted molar refractivity (Wildman–Crippen MR) is 180 cm³/mol. The van der Waals surface area contributed by atoms with Gasteiger partial charge >= 0.3 is 12.1 Å². The van der Waals surface area contributed by atoms with Gasteiger partial charge in [0.2, 0.25) is 0 Å². The Balaban J connectivity index is 1.19. The third-order valence-electron chi connectivity index (χ3n) is 9.24. The van der Waals surface area contributed by atoms with Gasteiger partial charge in [0, 0.05) is 34.2 Å². The fourth-order valence-electron chi connectivity index (χ4n) is 6.98. The highest BCUT2D eigenvalue weighted by Gasteiger charge is 2.46. The standard InChI is InChI=1S/C40H34ClNO4/c1-27-21-23-29(24-22-27)40(28-12-3-2-4-13-28,35-18-9-10-19-36(35)41)46-38(43)37-20-11-25-42(37)39(44)45-26-34-32-16-7-5-14-30(32)31-15-6-8-17-33(31)34/h2-10,12-19,21-24,34,37H,11,20,25-26H2,1H3/t37-,40?/m0/s1. The minimum absolute atomic E-state index is 0.0724. The molecule has 1 aliphatic heterocycles. The molecule has 0 spiro atoms. The Kier molecular flexibility index (Phi) is 8.10. The minimum Gasteiger partial charge on any atom is -0.448 e. The molecule has 46 heavy (non-hydrogen) atoms. The van der Waals surface area contributed by atoms with Crippen LogP contribution in [0.1, 0.15) is 52.1 Å². The van der Waals surface area contributed by atoms with Crippen LogP contribution in [0.5, 0.6) is 0 Å². The normalized spacial score (nSPS) is 16.7. The number of fused-ring (bicyclic) bond motifs is 3. The van der Waals surface area contributed by atoms with Gasteiger partial charge in [0.25, 0.3) is 0 Å². The van der Waals surface area contributed by atoms with E-state index in [2.05, 4.69) is 24.3 Å². The number of carbonyl (C=O) groups is 2. The van der Waals surface area contributed by atoms with E-state index in [0.29, 0.717) is 30.0 Å². The van der Waals surface area contributed by atoms with Crippen LogP contribution in [-0.2, 0) is 19.9 Å². The lowest BCUT2D eigenvalue weighted by Gasteiger charge is -2.37. The first-order chi connectivity index (χ1) is 22.5. The Morgan fingerprint density at radius 1 is 0.761 bits per heavy atom. The van der Waals surface area contributed by atoms with Crippen LogP contribution in [0.3, 0.4) is 0 Å². The second-order valence-electron chi connectivity index (χ2n) is 12.0. The van der Waals surface area contributed by atoms with Crippen molar-refractivity contribution < 1.29 is 19.1 Å². The number of likely N-dealkylation sites (tertiary alicyclic amines) is 1. The fraction of sp³-hybridized carbons (Fsp3) is 0.200. The van der Waals surface area contributed by atoms with E-state index in [1.165, 1.54) is 4.90 Å². The molecule has 230 valence electrons. The van der Waals surface area contributed by atoms with Crippen LogP contribution in [0.4, 0.5) is 4.79 Å². The van der Waals surface area contributed by atoms with Gasteiger partial charge in [-0.2, -0.15) is 0 Å². The van der Waals surface area contributed by atoms with E-state index in [9.17, 15) is 9.59 Å². The van der Waals surface area contributed by atoms with Crippen molar-refractivity contribution >= 4 is 23.7 Å². The zero-order chi connectivity index (χ0) is 31.7. The maximum Gasteiger partial charge on any atom is 0.410 e. The molecule has 1 heterocycles. The summed E-state index contributed by atoms with van der Waals surface area (Å²) in [5, 5.41) is 0.472. The van der Waals surface area contributed by atoms with Gasteiger partial charge in [0.05, 0.1) is 0 Å². The third-order valence-corrected chi connectivity index (χ3v) is 9.57. The lowest BCUT2D eigenvalue weighted by molar-refractivity contribution is -0.158. The molecular weight excluding hydrogens is 594 g/mol. The average Bonchev–Trinajstić information content (AvgIpc) is 3.71. The highest BCUT2D eigenvalue weighted by molar-refractivity contribution is 6.31. The minimum atomic E-state index is -1.35. The summed E-state index contributed by atoms with van der Waals surface area (Å²) < 4.78 is 12.7. The summed E-state index contributed by atoms with van der Waals surface area (Å²) in [6.45, 7) is 2.60. The molecule has 7 rings (SSSR count). The van der Waals surface area contributed by atoms with Crippen LogP contribution in [0.15, 0.2) is 127 Å². The highest BCUT2D eigenvalue weighted by atomic mass is 35.5. The van der Waals surface area contributed by atoms with Gasteiger partial charge in [-0.3, -0.25) is 4.90 Å². The summed E-state index contributed by atoms with van der Waals surface area (Å²) in [4.78, 5) is 29.6. The van der Waals surface area contributed by atoms with Crippen LogP contribution >= 0.6 is 11.6 Å². The van der Waals surface area contributed by atoms with E-state index >= 15 is 0 Å². The van der Waals surface area contributed by atoms with Crippen molar-refractivity contribution in [2.45, 2.75) is 37.3 Å². The molecule has 1 saturated heterocycles. The van der Waals surface area contributed by atoms with Gasteiger partial charge in [-0.1, -0.05) is 138 Å². The second-order valence-corrected chi connectivity index (χ2v) is 12.4. The number of ether oxygens (including phenoxy) is 2. The van der Waals surface area contributed by atoms with E-state index in [1.54, 1.807) is 6.07 Å². The molecule has 1 unspecified atom stereocenters. The van der Waals surface area contributed by atoms with E-state index in [0.717, 1.165) is 38.9 Å². The Morgan fingerprint density at radius 2 is 1.35 bits per heavy atom. The van der Waals surface area contributed by atoms with Gasteiger partial charge in [-0.15, -0.1) is 0 Å². The summed E-state index contributed by atoms with van der Waals surface area (Å²) in [6.07, 6.45) is 0.628. The SMILES string of the molecule is Cc1ccc(C(OC(=O)[C@@H]2CCCN2C(=O)OCC2c3ccccc3-c3ccccc32)(c2ccccc2)c2ccccc2Cl)cc1. The van der Waals surface area contributed by atoms with E-state index in [1.807, 2.05) is 104 Å². The van der Waals surface area contributed by atoms with Gasteiger partial charge in [-0.25, -0.2) is 9.59 Å². The van der Waals surface area contributed by atoms with E-state index < -0.39 is 23.7 Å². The van der Waals surface area contributed by atoms with Crippen LogP contribution in [0.2, 0.25) is 5.02 Å². The monoisotopic (exact) mass is 627 g/mol. The Hall–Kier alpha value is -4.87. The summed E-state index contributed by atoms with van der Waals surface area (Å²) >= 11 is 6.86. The first-order valence-corrected chi connectivity index (χ1v) is 16.1. The van der Waals surface area contributed by atoms with Crippen molar-refractivity contribution in [1.82, 2.24) is 4.90 Å². The first kappa shape index (κ1) is 29.8. The van der Waals surface area contributed by atoms with E-state index in [-0.39, 0.29) is 12.5 Å². The predicted octanol–water partition coefficient (Wildman–Crippen LogP) is 8.90. The molecular formula is C40H34ClNO4. The molecule has 0 N–H and O–H groups in total. The van der Waals surface area contributed by atoms with Gasteiger partial charge in [0.1, 0.15) is 12.6 Å². The number of aryl methyl sites for hydroxylation is 1. The quantitative estimate of drug-likeness (QED) is 0.134. The largest absolute Gasteiger partial charge is 0.448 e. The van der Waals surface area contributed by atoms with Crippen LogP contribution in [-0.4, -0.2) is 36.2 Å². The van der Waals surface area contributed by atoms with Gasteiger partial charge < -0.3 is 9.47 Å². The zero-order valence-corrected chi connectivity index (χ0v) is 26.3. The number of carbonyl (C=O) groups excluding carboxylic acids is 2. The van der Waals surface area contributed by atoms with Crippen LogP contribution in [0, 0.1) is 6.92 Å². The Bertz CT molecular complexity index is 1840. The smallest absolute Gasteiger partial charge is 0.410 e. The van der Waals surface area contributed by atoms with Crippen molar-refractivity contribution in [1.29, 1.82) is 0 Å². The lowest BCUT2D eigenvalue weighted by Crippen LogP contribution is -2.46. The Morgan fingerprint density at radius 3 is 2.02 bits per heavy atom. The van der Waals surface area contributed by atoms with Crippen molar-refractivity contribution in [3.8, 4) is 11.1 Å². The fourth-order valence-corrected chi connectivity index (χ4v) is 7.25. The zero-order valence-electron chi connectivity index (χ0n) is 25.6. The highest BCUT2D eigenvalue weighted by Crippen LogP contribution is 2.46. The molecule has 6 heteroatoms. The average molecular weight is 628 g/mol. The molecule has 0 aromatic heterocycles. The van der Waals surface area contributed by atoms with Crippen molar-refractivity contribution in [3.63, 3.8) is 0 Å². The number of benzene rings is 5. The number of hydrogen-bond acceptors (Lipinski definition) is 4. The third kappa shape index (κ3) is 5.25. The number of halogens is 1. The molecule has 0 bridgehead atoms. The topological polar surface area (TPSA) is 55.8 Å². The molecule has 1 amide bonds. The van der Waals surface area contributed by atoms with Crippen molar-refractivity contribution in [2.24, 2.45) is 0 Å². The number of hydrogen-bond donors (Lipinski definition) is 0. The molecule has 0 radical (unpaired) electrons. The molecule has 1 fully saturated rings. The van der Waals surface area contributed by atoms with E-state index in [4.69, 9.17) is 21.1 Å². The number of rotatable bonds is 7. The molecule has 0 saturated carbocycles. The number of esters is 1.